The van der Waals surface area contributed by atoms with Crippen molar-refractivity contribution in [3.63, 3.8) is 0 Å². The van der Waals surface area contributed by atoms with Crippen molar-refractivity contribution in [2.75, 3.05) is 50.6 Å². The number of nitrogens with zero attached hydrogens (tertiary/aromatic N) is 3. The molecular formula is C16H23N3O2. The van der Waals surface area contributed by atoms with Crippen molar-refractivity contribution in [3.8, 4) is 0 Å². The van der Waals surface area contributed by atoms with E-state index in [9.17, 15) is 9.90 Å². The fourth-order valence-electron chi connectivity index (χ4n) is 3.39. The predicted molar refractivity (Wildman–Crippen MR) is 83.7 cm³/mol. The summed E-state index contributed by atoms with van der Waals surface area (Å²) in [7, 11) is 5.97. The molecule has 21 heavy (non-hydrogen) atoms. The van der Waals surface area contributed by atoms with Crippen LogP contribution in [0.3, 0.4) is 0 Å². The van der Waals surface area contributed by atoms with Crippen LogP contribution in [0.2, 0.25) is 0 Å². The van der Waals surface area contributed by atoms with Crippen LogP contribution in [0, 0.1) is 5.92 Å². The fourth-order valence-corrected chi connectivity index (χ4v) is 3.39. The summed E-state index contributed by atoms with van der Waals surface area (Å²) in [5, 5.41) is 9.90. The van der Waals surface area contributed by atoms with Crippen LogP contribution in [-0.4, -0.2) is 56.7 Å². The maximum Gasteiger partial charge on any atom is 0.260 e. The zero-order chi connectivity index (χ0) is 15.1. The molecular weight excluding hydrogens is 266 g/mol. The molecule has 114 valence electrons. The molecule has 1 N–H and O–H groups in total. The number of likely N-dealkylation sites (N-methyl/N-ethyl adjacent to an activating group) is 1. The Morgan fingerprint density at radius 2 is 2.14 bits per heavy atom. The highest BCUT2D eigenvalue weighted by Gasteiger charge is 2.33. The van der Waals surface area contributed by atoms with E-state index in [1.165, 1.54) is 13.0 Å². The Bertz CT molecular complexity index is 560. The van der Waals surface area contributed by atoms with Gasteiger partial charge in [0.05, 0.1) is 5.69 Å². The van der Waals surface area contributed by atoms with Gasteiger partial charge in [-0.2, -0.15) is 0 Å². The number of benzene rings is 1. The number of fused-ring (bicyclic) bond motifs is 1. The molecule has 1 saturated heterocycles. The van der Waals surface area contributed by atoms with Crippen molar-refractivity contribution in [3.05, 3.63) is 23.8 Å². The molecule has 5 heteroatoms. The van der Waals surface area contributed by atoms with Gasteiger partial charge < -0.3 is 19.8 Å². The highest BCUT2D eigenvalue weighted by atomic mass is 16.3. The lowest BCUT2D eigenvalue weighted by Gasteiger charge is -2.24. The van der Waals surface area contributed by atoms with E-state index < -0.39 is 6.10 Å². The largest absolute Gasteiger partial charge is 0.378 e. The Kier molecular flexibility index (Phi) is 3.63. The molecule has 0 spiro atoms. The Labute approximate surface area is 125 Å². The quantitative estimate of drug-likeness (QED) is 0.905. The Hall–Kier alpha value is -1.59. The van der Waals surface area contributed by atoms with Gasteiger partial charge in [0.2, 0.25) is 0 Å². The van der Waals surface area contributed by atoms with Crippen molar-refractivity contribution >= 4 is 17.3 Å². The molecule has 1 aromatic carbocycles. The molecule has 0 bridgehead atoms. The molecule has 0 aromatic heterocycles. The number of amides is 1. The van der Waals surface area contributed by atoms with Crippen molar-refractivity contribution in [1.82, 2.24) is 4.90 Å². The average molecular weight is 289 g/mol. The normalized spacial score (nSPS) is 25.5. The van der Waals surface area contributed by atoms with E-state index in [1.807, 2.05) is 18.2 Å². The van der Waals surface area contributed by atoms with Crippen molar-refractivity contribution in [2.24, 2.45) is 5.92 Å². The van der Waals surface area contributed by atoms with E-state index in [-0.39, 0.29) is 5.91 Å². The zero-order valence-electron chi connectivity index (χ0n) is 12.9. The summed E-state index contributed by atoms with van der Waals surface area (Å²) in [5.74, 6) is 0.445. The topological polar surface area (TPSA) is 47.0 Å². The number of aliphatic hydroxyl groups excluding tert-OH is 1. The number of anilines is 2. The highest BCUT2D eigenvalue weighted by molar-refractivity contribution is 6.03. The minimum absolute atomic E-state index is 0.248. The Morgan fingerprint density at radius 3 is 2.81 bits per heavy atom. The maximum atomic E-state index is 11.8. The molecule has 2 aliphatic heterocycles. The first kappa shape index (κ1) is 14.4. The number of hydrogen-bond acceptors (Lipinski definition) is 4. The molecule has 2 unspecified atom stereocenters. The second-order valence-corrected chi connectivity index (χ2v) is 6.34. The Morgan fingerprint density at radius 1 is 1.38 bits per heavy atom. The van der Waals surface area contributed by atoms with Gasteiger partial charge in [-0.15, -0.1) is 0 Å². The first-order valence-electron chi connectivity index (χ1n) is 7.46. The molecule has 0 radical (unpaired) electrons. The second kappa shape index (κ2) is 5.31. The van der Waals surface area contributed by atoms with Gasteiger partial charge in [0, 0.05) is 38.4 Å². The summed E-state index contributed by atoms with van der Waals surface area (Å²) in [6.07, 6.45) is 0.232. The van der Waals surface area contributed by atoms with Crippen LogP contribution in [0.15, 0.2) is 18.2 Å². The summed E-state index contributed by atoms with van der Waals surface area (Å²) >= 11 is 0. The summed E-state index contributed by atoms with van der Waals surface area (Å²) in [6, 6.07) is 5.86. The lowest BCUT2D eigenvalue weighted by molar-refractivity contribution is -0.125. The van der Waals surface area contributed by atoms with E-state index in [4.69, 9.17) is 0 Å². The van der Waals surface area contributed by atoms with Gasteiger partial charge >= 0.3 is 0 Å². The van der Waals surface area contributed by atoms with E-state index in [1.54, 1.807) is 11.9 Å². The molecule has 1 fully saturated rings. The first-order valence-corrected chi connectivity index (χ1v) is 7.46. The van der Waals surface area contributed by atoms with Crippen LogP contribution in [0.25, 0.3) is 0 Å². The van der Waals surface area contributed by atoms with Crippen LogP contribution in [0.4, 0.5) is 11.4 Å². The highest BCUT2D eigenvalue weighted by Crippen LogP contribution is 2.37. The minimum atomic E-state index is -1.01. The van der Waals surface area contributed by atoms with Crippen molar-refractivity contribution in [1.29, 1.82) is 0 Å². The molecule has 2 atom stereocenters. The van der Waals surface area contributed by atoms with Crippen molar-refractivity contribution < 1.29 is 9.90 Å². The molecule has 0 aliphatic carbocycles. The van der Waals surface area contributed by atoms with Crippen molar-refractivity contribution in [2.45, 2.75) is 12.5 Å². The lowest BCUT2D eigenvalue weighted by atomic mass is 10.1. The van der Waals surface area contributed by atoms with Crippen LogP contribution >= 0.6 is 0 Å². The maximum absolute atomic E-state index is 11.8. The van der Waals surface area contributed by atoms with Gasteiger partial charge in [0.25, 0.3) is 5.91 Å². The van der Waals surface area contributed by atoms with Gasteiger partial charge in [-0.1, -0.05) is 6.07 Å². The molecule has 5 nitrogen and oxygen atoms in total. The number of hydrogen-bond donors (Lipinski definition) is 1. The smallest absolute Gasteiger partial charge is 0.260 e. The van der Waals surface area contributed by atoms with E-state index in [0.717, 1.165) is 24.5 Å². The van der Waals surface area contributed by atoms with Gasteiger partial charge in [0.15, 0.2) is 6.10 Å². The van der Waals surface area contributed by atoms with Gasteiger partial charge in [-0.3, -0.25) is 4.79 Å². The molecule has 3 rings (SSSR count). The third-order valence-electron chi connectivity index (χ3n) is 4.70. The number of carbonyl (C=O) groups is 1. The SMILES string of the molecule is CN1CCC(CN(C)c2ccc3c(c2)N(C)C(=O)C3O)C1. The van der Waals surface area contributed by atoms with Gasteiger partial charge in [0.1, 0.15) is 0 Å². The lowest BCUT2D eigenvalue weighted by Crippen LogP contribution is -2.27. The van der Waals surface area contributed by atoms with Crippen LogP contribution in [0.1, 0.15) is 18.1 Å². The molecule has 2 aliphatic rings. The third kappa shape index (κ3) is 2.51. The number of aliphatic hydroxyl groups is 1. The van der Waals surface area contributed by atoms with Gasteiger partial charge in [-0.05, 0) is 38.1 Å². The summed E-state index contributed by atoms with van der Waals surface area (Å²) < 4.78 is 0. The van der Waals surface area contributed by atoms with E-state index in [0.29, 0.717) is 11.5 Å². The van der Waals surface area contributed by atoms with Crippen LogP contribution in [0.5, 0.6) is 0 Å². The second-order valence-electron chi connectivity index (χ2n) is 6.34. The molecule has 1 aromatic rings. The summed E-state index contributed by atoms with van der Waals surface area (Å²) in [4.78, 5) is 18.0. The average Bonchev–Trinajstić information content (AvgIpc) is 2.97. The van der Waals surface area contributed by atoms with Crippen LogP contribution < -0.4 is 9.80 Å². The summed E-state index contributed by atoms with van der Waals surface area (Å²) in [5.41, 5.74) is 2.62. The number of rotatable bonds is 3. The fraction of sp³-hybridized carbons (Fsp3) is 0.562. The zero-order valence-corrected chi connectivity index (χ0v) is 12.9. The molecule has 2 heterocycles. The van der Waals surface area contributed by atoms with Crippen LogP contribution in [-0.2, 0) is 4.79 Å². The first-order chi connectivity index (χ1) is 9.97. The monoisotopic (exact) mass is 289 g/mol. The summed E-state index contributed by atoms with van der Waals surface area (Å²) in [6.45, 7) is 3.34. The standard InChI is InChI=1S/C16H23N3O2/c1-17-7-6-11(9-17)10-18(2)12-4-5-13-14(8-12)19(3)16(21)15(13)20/h4-5,8,11,15,20H,6-7,9-10H2,1-3H3. The molecule has 0 saturated carbocycles. The van der Waals surface area contributed by atoms with E-state index >= 15 is 0 Å². The van der Waals surface area contributed by atoms with Gasteiger partial charge in [-0.25, -0.2) is 0 Å². The molecule has 1 amide bonds. The number of likely N-dealkylation sites (tertiary alicyclic amines) is 1. The predicted octanol–water partition coefficient (Wildman–Crippen LogP) is 1.08. The van der Waals surface area contributed by atoms with E-state index in [2.05, 4.69) is 23.9 Å². The Balaban J connectivity index is 1.76. The number of carbonyl (C=O) groups excluding carboxylic acids is 1. The third-order valence-corrected chi connectivity index (χ3v) is 4.70. The minimum Gasteiger partial charge on any atom is -0.378 e.